The van der Waals surface area contributed by atoms with Gasteiger partial charge < -0.3 is 0 Å². The second-order valence-electron chi connectivity index (χ2n) is 3.29. The van der Waals surface area contributed by atoms with Crippen LogP contribution in [0.5, 0.6) is 0 Å². The number of alkyl halides is 1. The topological polar surface area (TPSA) is 46.2 Å². The molecule has 0 heterocycles. The minimum atomic E-state index is -3.14. The maximum atomic E-state index is 11.1. The normalized spacial score (nSPS) is 11.6. The van der Waals surface area contributed by atoms with Gasteiger partial charge in [0.2, 0.25) is 10.0 Å². The average Bonchev–Trinajstić information content (AvgIpc) is 2.21. The molecule has 1 aromatic carbocycles. The van der Waals surface area contributed by atoms with Crippen LogP contribution in [-0.2, 0) is 16.4 Å². The van der Waals surface area contributed by atoms with Gasteiger partial charge in [0.05, 0.1) is 0 Å². The molecule has 0 bridgehead atoms. The van der Waals surface area contributed by atoms with Crippen molar-refractivity contribution in [3.63, 3.8) is 0 Å². The van der Waals surface area contributed by atoms with Gasteiger partial charge in [-0.1, -0.05) is 40.2 Å². The molecule has 0 aliphatic heterocycles. The van der Waals surface area contributed by atoms with Crippen LogP contribution in [0.15, 0.2) is 24.3 Å². The molecular formula is C10H14BrNO2S. The molecule has 15 heavy (non-hydrogen) atoms. The number of benzene rings is 1. The SMILES string of the molecule is Cc1ccccc1CCNS(=O)(=O)CBr. The molecule has 1 rings (SSSR count). The monoisotopic (exact) mass is 291 g/mol. The largest absolute Gasteiger partial charge is 0.221 e. The van der Waals surface area contributed by atoms with E-state index in [1.54, 1.807) is 0 Å². The zero-order chi connectivity index (χ0) is 11.3. The first-order valence-electron chi connectivity index (χ1n) is 4.63. The van der Waals surface area contributed by atoms with E-state index in [4.69, 9.17) is 0 Å². The van der Waals surface area contributed by atoms with Crippen molar-refractivity contribution in [1.29, 1.82) is 0 Å². The van der Waals surface area contributed by atoms with Crippen molar-refractivity contribution in [3.05, 3.63) is 35.4 Å². The lowest BCUT2D eigenvalue weighted by atomic mass is 10.1. The summed E-state index contributed by atoms with van der Waals surface area (Å²) in [7, 11) is -3.14. The van der Waals surface area contributed by atoms with Crippen LogP contribution in [0, 0.1) is 6.92 Å². The molecule has 84 valence electrons. The summed E-state index contributed by atoms with van der Waals surface area (Å²) in [4.78, 5) is 0. The molecule has 0 amide bonds. The fourth-order valence-electron chi connectivity index (χ4n) is 1.27. The fraction of sp³-hybridized carbons (Fsp3) is 0.400. The number of hydrogen-bond donors (Lipinski definition) is 1. The quantitative estimate of drug-likeness (QED) is 0.841. The van der Waals surface area contributed by atoms with Crippen LogP contribution in [0.4, 0.5) is 0 Å². The molecule has 0 saturated carbocycles. The van der Waals surface area contributed by atoms with Crippen molar-refractivity contribution in [2.24, 2.45) is 0 Å². The summed E-state index contributed by atoms with van der Waals surface area (Å²) in [5.41, 5.74) is 2.37. The standard InChI is InChI=1S/C10H14BrNO2S/c1-9-4-2-3-5-10(9)6-7-12-15(13,14)8-11/h2-5,12H,6-8H2,1H3. The molecule has 1 aromatic rings. The van der Waals surface area contributed by atoms with Crippen molar-refractivity contribution in [2.45, 2.75) is 13.3 Å². The lowest BCUT2D eigenvalue weighted by Gasteiger charge is -2.06. The van der Waals surface area contributed by atoms with E-state index in [0.29, 0.717) is 6.54 Å². The third-order valence-corrected chi connectivity index (χ3v) is 4.86. The van der Waals surface area contributed by atoms with Gasteiger partial charge in [0, 0.05) is 6.54 Å². The molecule has 5 heteroatoms. The Morgan fingerprint density at radius 3 is 2.60 bits per heavy atom. The number of nitrogens with one attached hydrogen (secondary N) is 1. The molecule has 0 aliphatic carbocycles. The first-order valence-corrected chi connectivity index (χ1v) is 7.40. The molecule has 0 aliphatic rings. The lowest BCUT2D eigenvalue weighted by Crippen LogP contribution is -2.26. The van der Waals surface area contributed by atoms with Crippen molar-refractivity contribution >= 4 is 26.0 Å². The Morgan fingerprint density at radius 2 is 2.00 bits per heavy atom. The number of hydrogen-bond acceptors (Lipinski definition) is 2. The molecule has 0 atom stereocenters. The van der Waals surface area contributed by atoms with E-state index in [2.05, 4.69) is 20.7 Å². The summed E-state index contributed by atoms with van der Waals surface area (Å²) in [5, 5.41) is 0. The Balaban J connectivity index is 2.49. The highest BCUT2D eigenvalue weighted by molar-refractivity contribution is 9.10. The molecule has 0 unspecified atom stereocenters. The average molecular weight is 292 g/mol. The van der Waals surface area contributed by atoms with Gasteiger partial charge in [-0.05, 0) is 24.5 Å². The first-order chi connectivity index (χ1) is 7.05. The molecule has 0 aromatic heterocycles. The van der Waals surface area contributed by atoms with E-state index >= 15 is 0 Å². The van der Waals surface area contributed by atoms with E-state index in [1.165, 1.54) is 11.1 Å². The van der Waals surface area contributed by atoms with Crippen LogP contribution in [0.25, 0.3) is 0 Å². The fourth-order valence-corrected chi connectivity index (χ4v) is 2.25. The summed E-state index contributed by atoms with van der Waals surface area (Å²) in [6, 6.07) is 7.97. The predicted molar refractivity (Wildman–Crippen MR) is 65.6 cm³/mol. The van der Waals surface area contributed by atoms with Crippen molar-refractivity contribution in [3.8, 4) is 0 Å². The number of halogens is 1. The van der Waals surface area contributed by atoms with Crippen LogP contribution in [0.2, 0.25) is 0 Å². The van der Waals surface area contributed by atoms with Gasteiger partial charge in [0.25, 0.3) is 0 Å². The van der Waals surface area contributed by atoms with Gasteiger partial charge in [-0.25, -0.2) is 13.1 Å². The van der Waals surface area contributed by atoms with Gasteiger partial charge in [-0.2, -0.15) is 0 Å². The van der Waals surface area contributed by atoms with E-state index in [0.717, 1.165) is 6.42 Å². The second kappa shape index (κ2) is 5.63. The third-order valence-electron chi connectivity index (χ3n) is 2.12. The maximum absolute atomic E-state index is 11.1. The van der Waals surface area contributed by atoms with Crippen LogP contribution in [0.1, 0.15) is 11.1 Å². The summed E-state index contributed by atoms with van der Waals surface area (Å²) >= 11 is 2.92. The van der Waals surface area contributed by atoms with Crippen LogP contribution < -0.4 is 4.72 Å². The van der Waals surface area contributed by atoms with E-state index in [9.17, 15) is 8.42 Å². The van der Waals surface area contributed by atoms with E-state index < -0.39 is 10.0 Å². The minimum absolute atomic E-state index is 0.0478. The Bertz CT molecular complexity index is 417. The van der Waals surface area contributed by atoms with Gasteiger partial charge >= 0.3 is 0 Å². The number of aryl methyl sites for hydroxylation is 1. The summed E-state index contributed by atoms with van der Waals surface area (Å²) in [5.74, 6) is 0. The van der Waals surface area contributed by atoms with Gasteiger partial charge in [0.1, 0.15) is 4.66 Å². The van der Waals surface area contributed by atoms with Crippen LogP contribution in [0.3, 0.4) is 0 Å². The zero-order valence-corrected chi connectivity index (χ0v) is 10.9. The maximum Gasteiger partial charge on any atom is 0.221 e. The van der Waals surface area contributed by atoms with Crippen LogP contribution >= 0.6 is 15.9 Å². The smallest absolute Gasteiger partial charge is 0.214 e. The third kappa shape index (κ3) is 4.32. The molecule has 3 nitrogen and oxygen atoms in total. The molecule has 0 spiro atoms. The lowest BCUT2D eigenvalue weighted by molar-refractivity contribution is 0.587. The van der Waals surface area contributed by atoms with E-state index in [-0.39, 0.29) is 4.66 Å². The highest BCUT2D eigenvalue weighted by atomic mass is 79.9. The van der Waals surface area contributed by atoms with Gasteiger partial charge in [0.15, 0.2) is 0 Å². The highest BCUT2D eigenvalue weighted by Gasteiger charge is 2.06. The summed E-state index contributed by atoms with van der Waals surface area (Å²) in [6.45, 7) is 2.47. The van der Waals surface area contributed by atoms with Crippen molar-refractivity contribution in [2.75, 3.05) is 11.2 Å². The zero-order valence-electron chi connectivity index (χ0n) is 8.53. The Labute approximate surface area is 99.1 Å². The minimum Gasteiger partial charge on any atom is -0.214 e. The molecule has 1 N–H and O–H groups in total. The van der Waals surface area contributed by atoms with E-state index in [1.807, 2.05) is 31.2 Å². The highest BCUT2D eigenvalue weighted by Crippen LogP contribution is 2.07. The van der Waals surface area contributed by atoms with Crippen LogP contribution in [-0.4, -0.2) is 19.6 Å². The Kier molecular flexibility index (Phi) is 4.76. The molecular weight excluding hydrogens is 278 g/mol. The summed E-state index contributed by atoms with van der Waals surface area (Å²) < 4.78 is 24.7. The second-order valence-corrected chi connectivity index (χ2v) is 6.40. The van der Waals surface area contributed by atoms with Gasteiger partial charge in [-0.3, -0.25) is 0 Å². The van der Waals surface area contributed by atoms with Crippen molar-refractivity contribution < 1.29 is 8.42 Å². The molecule has 0 radical (unpaired) electrons. The van der Waals surface area contributed by atoms with Gasteiger partial charge in [-0.15, -0.1) is 0 Å². The predicted octanol–water partition coefficient (Wildman–Crippen LogP) is 1.81. The molecule has 0 fully saturated rings. The Hall–Kier alpha value is -0.390. The number of sulfonamides is 1. The first kappa shape index (κ1) is 12.7. The summed E-state index contributed by atoms with van der Waals surface area (Å²) in [6.07, 6.45) is 0.721. The molecule has 0 saturated heterocycles. The van der Waals surface area contributed by atoms with Crippen molar-refractivity contribution in [1.82, 2.24) is 4.72 Å². The Morgan fingerprint density at radius 1 is 1.33 bits per heavy atom. The number of rotatable bonds is 5.